The van der Waals surface area contributed by atoms with Crippen LogP contribution in [-0.4, -0.2) is 0 Å². The summed E-state index contributed by atoms with van der Waals surface area (Å²) in [6, 6.07) is 0. The molecule has 0 N–H and O–H groups in total. The van der Waals surface area contributed by atoms with E-state index in [0.717, 1.165) is 0 Å². The summed E-state index contributed by atoms with van der Waals surface area (Å²) in [6.07, 6.45) is 8.00. The maximum atomic E-state index is 2.43. The Morgan fingerprint density at radius 2 is 1.73 bits per heavy atom. The second-order valence-corrected chi connectivity index (χ2v) is 8.82. The van der Waals surface area contributed by atoms with Crippen LogP contribution in [0, 0.1) is 0 Å². The summed E-state index contributed by atoms with van der Waals surface area (Å²) >= 11 is -0.909. The molecule has 0 atom stereocenters. The van der Waals surface area contributed by atoms with E-state index in [1.807, 2.05) is 0 Å². The fourth-order valence-electron chi connectivity index (χ4n) is 0.818. The van der Waals surface area contributed by atoms with Gasteiger partial charge in [0, 0.05) is 0 Å². The monoisotopic (exact) mass is 290 g/mol. The molecule has 4 heteroatoms. The maximum absolute atomic E-state index is 2.43. The van der Waals surface area contributed by atoms with Gasteiger partial charge in [-0.05, 0) is 0 Å². The van der Waals surface area contributed by atoms with E-state index in [4.69, 9.17) is 0 Å². The van der Waals surface area contributed by atoms with Crippen LogP contribution in [0.1, 0.15) is 6.42 Å². The Balaban J connectivity index is -0.000000213. The molecule has 0 fully saturated rings. The van der Waals surface area contributed by atoms with Gasteiger partial charge in [-0.25, -0.2) is 0 Å². The number of rotatable bonds is 1. The summed E-state index contributed by atoms with van der Waals surface area (Å²) in [5.74, 6) is 0. The Hall–Kier alpha value is 1.23. The molecule has 0 nitrogen and oxygen atoms in total. The summed E-state index contributed by atoms with van der Waals surface area (Å²) < 4.78 is 6.62. The SMILES string of the molecule is [CH3][Zr+3]([CH3])[C]1=CC=CC1.[Cl-].[Cl-].[Cl-]. The summed E-state index contributed by atoms with van der Waals surface area (Å²) in [4.78, 5) is 0. The van der Waals surface area contributed by atoms with Gasteiger partial charge >= 0.3 is 58.9 Å². The normalized spacial score (nSPS) is 11.2. The second-order valence-electron chi connectivity index (χ2n) is 2.32. The van der Waals surface area contributed by atoms with Gasteiger partial charge in [0.2, 0.25) is 0 Å². The van der Waals surface area contributed by atoms with Crippen LogP contribution in [0.2, 0.25) is 9.26 Å². The van der Waals surface area contributed by atoms with E-state index in [-0.39, 0.29) is 37.2 Å². The summed E-state index contributed by atoms with van der Waals surface area (Å²) in [7, 11) is 0. The van der Waals surface area contributed by atoms with Gasteiger partial charge in [0.1, 0.15) is 0 Å². The van der Waals surface area contributed by atoms with Gasteiger partial charge in [-0.3, -0.25) is 0 Å². The molecule has 0 aromatic carbocycles. The zero-order valence-electron chi connectivity index (χ0n) is 6.57. The van der Waals surface area contributed by atoms with E-state index in [0.29, 0.717) is 0 Å². The van der Waals surface area contributed by atoms with Crippen molar-refractivity contribution in [2.75, 3.05) is 0 Å². The third-order valence-electron chi connectivity index (χ3n) is 1.41. The van der Waals surface area contributed by atoms with Crippen molar-refractivity contribution in [1.82, 2.24) is 0 Å². The van der Waals surface area contributed by atoms with Gasteiger partial charge in [-0.2, -0.15) is 0 Å². The molecular weight excluding hydrogens is 282 g/mol. The van der Waals surface area contributed by atoms with E-state index in [1.54, 1.807) is 3.28 Å². The van der Waals surface area contributed by atoms with Crippen molar-refractivity contribution in [3.05, 3.63) is 21.5 Å². The minimum absolute atomic E-state index is 0. The van der Waals surface area contributed by atoms with E-state index in [9.17, 15) is 0 Å². The van der Waals surface area contributed by atoms with Crippen LogP contribution in [0.15, 0.2) is 21.5 Å². The third kappa shape index (κ3) is 6.40. The summed E-state index contributed by atoms with van der Waals surface area (Å²) in [5.41, 5.74) is 0. The fraction of sp³-hybridized carbons (Fsp3) is 0.429. The average Bonchev–Trinajstić information content (AvgIpc) is 2.12. The first-order valence-electron chi connectivity index (χ1n) is 2.97. The Morgan fingerprint density at radius 3 is 1.91 bits per heavy atom. The predicted molar refractivity (Wildman–Crippen MR) is 33.6 cm³/mol. The standard InChI is InChI=1S/C5H5.2CH3.3ClH.Zr/c1-2-4-5-3-1;;;;;;/h1-3H,4H2;2*1H3;3*1H;/q;;;;;;+3/p-3. The van der Waals surface area contributed by atoms with Crippen molar-refractivity contribution in [3.8, 4) is 0 Å². The summed E-state index contributed by atoms with van der Waals surface area (Å²) in [5, 5.41) is 0. The Bertz CT molecular complexity index is 141. The molecule has 0 aromatic rings. The quantitative estimate of drug-likeness (QED) is 0.451. The molecular formula is C7H11Cl3Zr. The maximum Gasteiger partial charge on any atom is -1.00 e. The van der Waals surface area contributed by atoms with Crippen LogP contribution in [0.3, 0.4) is 0 Å². The van der Waals surface area contributed by atoms with E-state index >= 15 is 0 Å². The smallest absolute Gasteiger partial charge is 1.00 e. The van der Waals surface area contributed by atoms with Crippen LogP contribution >= 0.6 is 0 Å². The van der Waals surface area contributed by atoms with Crippen molar-refractivity contribution >= 4 is 0 Å². The first-order chi connectivity index (χ1) is 3.80. The minimum Gasteiger partial charge on any atom is -1.00 e. The van der Waals surface area contributed by atoms with Crippen LogP contribution in [0.25, 0.3) is 0 Å². The van der Waals surface area contributed by atoms with E-state index in [2.05, 4.69) is 27.5 Å². The zero-order chi connectivity index (χ0) is 5.98. The molecule has 64 valence electrons. The van der Waals surface area contributed by atoms with Gasteiger partial charge < -0.3 is 37.2 Å². The molecule has 0 saturated heterocycles. The molecule has 0 bridgehead atoms. The van der Waals surface area contributed by atoms with E-state index < -0.39 is 21.8 Å². The Labute approximate surface area is 95.4 Å². The predicted octanol–water partition coefficient (Wildman–Crippen LogP) is -6.44. The Morgan fingerprint density at radius 1 is 1.18 bits per heavy atom. The van der Waals surface area contributed by atoms with E-state index in [1.165, 1.54) is 6.42 Å². The fourth-order valence-corrected chi connectivity index (χ4v) is 3.17. The molecule has 0 aromatic heterocycles. The topological polar surface area (TPSA) is 0 Å². The zero-order valence-corrected chi connectivity index (χ0v) is 11.3. The molecule has 0 unspecified atom stereocenters. The van der Waals surface area contributed by atoms with Crippen molar-refractivity contribution in [3.63, 3.8) is 0 Å². The number of hydrogen-bond acceptors (Lipinski definition) is 0. The van der Waals surface area contributed by atoms with Gasteiger partial charge in [0.15, 0.2) is 0 Å². The van der Waals surface area contributed by atoms with Crippen molar-refractivity contribution in [2.45, 2.75) is 15.7 Å². The number of hydrogen-bond donors (Lipinski definition) is 0. The van der Waals surface area contributed by atoms with Gasteiger partial charge in [-0.1, -0.05) is 0 Å². The average molecular weight is 293 g/mol. The molecule has 0 heterocycles. The number of allylic oxidation sites excluding steroid dienone is 4. The van der Waals surface area contributed by atoms with Gasteiger partial charge in [0.05, 0.1) is 0 Å². The number of halogens is 3. The molecule has 1 rings (SSSR count). The van der Waals surface area contributed by atoms with Crippen LogP contribution < -0.4 is 37.2 Å². The molecule has 0 saturated carbocycles. The molecule has 1 aliphatic carbocycles. The largest absolute Gasteiger partial charge is 1.00 e. The van der Waals surface area contributed by atoms with Crippen molar-refractivity contribution in [1.29, 1.82) is 0 Å². The molecule has 0 aliphatic heterocycles. The van der Waals surface area contributed by atoms with Crippen molar-refractivity contribution < 1.29 is 59.0 Å². The Kier molecular flexibility index (Phi) is 15.3. The van der Waals surface area contributed by atoms with Gasteiger partial charge in [-0.15, -0.1) is 0 Å². The molecule has 0 spiro atoms. The molecule has 0 radical (unpaired) electrons. The van der Waals surface area contributed by atoms with Crippen LogP contribution in [0.5, 0.6) is 0 Å². The third-order valence-corrected chi connectivity index (χ3v) is 5.48. The van der Waals surface area contributed by atoms with Gasteiger partial charge in [0.25, 0.3) is 0 Å². The molecule has 0 amide bonds. The van der Waals surface area contributed by atoms with Crippen molar-refractivity contribution in [2.24, 2.45) is 0 Å². The summed E-state index contributed by atoms with van der Waals surface area (Å²) in [6.45, 7) is 0. The first kappa shape index (κ1) is 18.1. The first-order valence-corrected chi connectivity index (χ1v) is 9.11. The second kappa shape index (κ2) is 9.32. The molecule has 11 heavy (non-hydrogen) atoms. The minimum atomic E-state index is -0.909. The molecule has 1 aliphatic rings. The van der Waals surface area contributed by atoms with Crippen LogP contribution in [0.4, 0.5) is 0 Å². The van der Waals surface area contributed by atoms with Crippen LogP contribution in [-0.2, 0) is 21.8 Å².